The molecule has 20 heavy (non-hydrogen) atoms. The largest absolute Gasteiger partial charge is 0.334 e. The standard InChI is InChI=1S/C14H18N2O3S/c1-9-8-12(4-5-13(9)16(18)19)14(17)15-6-7-20-11(3)10(15)2/h4-5,8,10-11H,6-7H2,1-3H3/t10-,11-/m0/s1. The summed E-state index contributed by atoms with van der Waals surface area (Å²) in [7, 11) is 0. The first-order valence-corrected chi connectivity index (χ1v) is 7.64. The Labute approximate surface area is 122 Å². The van der Waals surface area contributed by atoms with Gasteiger partial charge in [-0.2, -0.15) is 11.8 Å². The first kappa shape index (κ1) is 14.8. The molecular formula is C14H18N2O3S. The van der Waals surface area contributed by atoms with Crippen molar-refractivity contribution in [1.82, 2.24) is 4.90 Å². The summed E-state index contributed by atoms with van der Waals surface area (Å²) in [4.78, 5) is 24.8. The van der Waals surface area contributed by atoms with Gasteiger partial charge in [-0.05, 0) is 26.0 Å². The monoisotopic (exact) mass is 294 g/mol. The number of nitrogens with zero attached hydrogens (tertiary/aromatic N) is 2. The summed E-state index contributed by atoms with van der Waals surface area (Å²) in [5, 5.41) is 11.2. The molecule has 1 aromatic rings. The van der Waals surface area contributed by atoms with Gasteiger partial charge in [0, 0.05) is 40.8 Å². The van der Waals surface area contributed by atoms with Crippen LogP contribution in [-0.2, 0) is 0 Å². The van der Waals surface area contributed by atoms with E-state index < -0.39 is 4.92 Å². The van der Waals surface area contributed by atoms with E-state index in [2.05, 4.69) is 6.92 Å². The van der Waals surface area contributed by atoms with E-state index in [0.29, 0.717) is 16.4 Å². The Morgan fingerprint density at radius 1 is 1.45 bits per heavy atom. The number of rotatable bonds is 2. The van der Waals surface area contributed by atoms with Gasteiger partial charge in [0.2, 0.25) is 0 Å². The summed E-state index contributed by atoms with van der Waals surface area (Å²) >= 11 is 1.87. The second-order valence-electron chi connectivity index (χ2n) is 5.07. The first-order valence-electron chi connectivity index (χ1n) is 6.59. The second-order valence-corrected chi connectivity index (χ2v) is 6.56. The lowest BCUT2D eigenvalue weighted by atomic mass is 10.1. The van der Waals surface area contributed by atoms with Crippen LogP contribution in [0.15, 0.2) is 18.2 Å². The maximum atomic E-state index is 12.5. The van der Waals surface area contributed by atoms with Crippen molar-refractivity contribution in [3.05, 3.63) is 39.4 Å². The van der Waals surface area contributed by atoms with Crippen LogP contribution in [0.2, 0.25) is 0 Å². The molecule has 0 aromatic heterocycles. The minimum absolute atomic E-state index is 0.0392. The zero-order valence-corrected chi connectivity index (χ0v) is 12.6. The highest BCUT2D eigenvalue weighted by molar-refractivity contribution is 8.00. The summed E-state index contributed by atoms with van der Waals surface area (Å²) in [5.41, 5.74) is 1.10. The summed E-state index contributed by atoms with van der Waals surface area (Å²) < 4.78 is 0. The summed E-state index contributed by atoms with van der Waals surface area (Å²) in [6, 6.07) is 4.75. The molecule has 1 aliphatic rings. The molecule has 0 saturated carbocycles. The van der Waals surface area contributed by atoms with Gasteiger partial charge in [-0.25, -0.2) is 0 Å². The zero-order chi connectivity index (χ0) is 14.9. The number of aryl methyl sites for hydroxylation is 1. The molecule has 0 spiro atoms. The number of hydrogen-bond acceptors (Lipinski definition) is 4. The van der Waals surface area contributed by atoms with E-state index in [1.807, 2.05) is 23.6 Å². The van der Waals surface area contributed by atoms with E-state index in [-0.39, 0.29) is 17.6 Å². The van der Waals surface area contributed by atoms with E-state index in [1.54, 1.807) is 19.1 Å². The minimum Gasteiger partial charge on any atom is -0.334 e. The second kappa shape index (κ2) is 5.83. The Morgan fingerprint density at radius 3 is 2.75 bits per heavy atom. The molecule has 0 aliphatic carbocycles. The molecule has 1 fully saturated rings. The van der Waals surface area contributed by atoms with Crippen LogP contribution in [0.3, 0.4) is 0 Å². The fraction of sp³-hybridized carbons (Fsp3) is 0.500. The Bertz CT molecular complexity index is 547. The van der Waals surface area contributed by atoms with Gasteiger partial charge in [0.05, 0.1) is 4.92 Å². The predicted molar refractivity (Wildman–Crippen MR) is 80.3 cm³/mol. The summed E-state index contributed by atoms with van der Waals surface area (Å²) in [6.45, 7) is 6.56. The third-order valence-electron chi connectivity index (χ3n) is 3.79. The zero-order valence-electron chi connectivity index (χ0n) is 11.8. The van der Waals surface area contributed by atoms with Gasteiger partial charge in [-0.3, -0.25) is 14.9 Å². The number of thioether (sulfide) groups is 1. The fourth-order valence-corrected chi connectivity index (χ4v) is 3.48. The molecule has 1 saturated heterocycles. The lowest BCUT2D eigenvalue weighted by molar-refractivity contribution is -0.385. The van der Waals surface area contributed by atoms with Crippen LogP contribution >= 0.6 is 11.8 Å². The van der Waals surface area contributed by atoms with Crippen LogP contribution in [0.25, 0.3) is 0 Å². The van der Waals surface area contributed by atoms with Crippen molar-refractivity contribution in [3.8, 4) is 0 Å². The maximum Gasteiger partial charge on any atom is 0.272 e. The highest BCUT2D eigenvalue weighted by Gasteiger charge is 2.29. The smallest absolute Gasteiger partial charge is 0.272 e. The molecule has 6 heteroatoms. The quantitative estimate of drug-likeness (QED) is 0.621. The third kappa shape index (κ3) is 2.80. The van der Waals surface area contributed by atoms with Gasteiger partial charge in [0.25, 0.3) is 11.6 Å². The van der Waals surface area contributed by atoms with Crippen molar-refractivity contribution in [2.75, 3.05) is 12.3 Å². The van der Waals surface area contributed by atoms with Crippen LogP contribution in [0.5, 0.6) is 0 Å². The lowest BCUT2D eigenvalue weighted by Crippen LogP contribution is -2.47. The van der Waals surface area contributed by atoms with Crippen LogP contribution in [0.4, 0.5) is 5.69 Å². The Hall–Kier alpha value is -1.56. The first-order chi connectivity index (χ1) is 9.41. The van der Waals surface area contributed by atoms with E-state index in [9.17, 15) is 14.9 Å². The number of hydrogen-bond donors (Lipinski definition) is 0. The maximum absolute atomic E-state index is 12.5. The lowest BCUT2D eigenvalue weighted by Gasteiger charge is -2.37. The molecule has 0 unspecified atom stereocenters. The average Bonchev–Trinajstić information content (AvgIpc) is 2.40. The van der Waals surface area contributed by atoms with Crippen molar-refractivity contribution < 1.29 is 9.72 Å². The molecule has 108 valence electrons. The van der Waals surface area contributed by atoms with Crippen LogP contribution in [0.1, 0.15) is 29.8 Å². The molecule has 0 radical (unpaired) electrons. The van der Waals surface area contributed by atoms with Gasteiger partial charge >= 0.3 is 0 Å². The van der Waals surface area contributed by atoms with E-state index in [1.165, 1.54) is 6.07 Å². The minimum atomic E-state index is -0.425. The van der Waals surface area contributed by atoms with Crippen molar-refractivity contribution in [1.29, 1.82) is 0 Å². The molecule has 2 rings (SSSR count). The summed E-state index contributed by atoms with van der Waals surface area (Å²) in [6.07, 6.45) is 0. The number of nitro groups is 1. The molecular weight excluding hydrogens is 276 g/mol. The molecule has 2 atom stereocenters. The van der Waals surface area contributed by atoms with Gasteiger partial charge in [0.15, 0.2) is 0 Å². The average molecular weight is 294 g/mol. The number of amides is 1. The molecule has 1 heterocycles. The van der Waals surface area contributed by atoms with Gasteiger partial charge in [-0.15, -0.1) is 0 Å². The number of carbonyl (C=O) groups is 1. The Balaban J connectivity index is 2.25. The van der Waals surface area contributed by atoms with Gasteiger partial charge in [0.1, 0.15) is 0 Å². The Morgan fingerprint density at radius 2 is 2.15 bits per heavy atom. The van der Waals surface area contributed by atoms with E-state index in [0.717, 1.165) is 12.3 Å². The number of nitro benzene ring substituents is 1. The van der Waals surface area contributed by atoms with Crippen LogP contribution in [-0.4, -0.2) is 39.3 Å². The van der Waals surface area contributed by atoms with Crippen molar-refractivity contribution in [3.63, 3.8) is 0 Å². The Kier molecular flexibility index (Phi) is 4.32. The molecule has 1 amide bonds. The highest BCUT2D eigenvalue weighted by Crippen LogP contribution is 2.26. The normalized spacial score (nSPS) is 22.6. The van der Waals surface area contributed by atoms with E-state index in [4.69, 9.17) is 0 Å². The fourth-order valence-electron chi connectivity index (χ4n) is 2.38. The van der Waals surface area contributed by atoms with Crippen molar-refractivity contribution in [2.45, 2.75) is 32.1 Å². The number of carbonyl (C=O) groups excluding carboxylic acids is 1. The van der Waals surface area contributed by atoms with Gasteiger partial charge in [-0.1, -0.05) is 6.92 Å². The van der Waals surface area contributed by atoms with Crippen molar-refractivity contribution in [2.24, 2.45) is 0 Å². The van der Waals surface area contributed by atoms with Crippen LogP contribution < -0.4 is 0 Å². The van der Waals surface area contributed by atoms with E-state index >= 15 is 0 Å². The third-order valence-corrected chi connectivity index (χ3v) is 5.12. The molecule has 5 nitrogen and oxygen atoms in total. The molecule has 0 bridgehead atoms. The summed E-state index contributed by atoms with van der Waals surface area (Å²) in [5.74, 6) is 0.895. The predicted octanol–water partition coefficient (Wildman–Crippen LogP) is 2.87. The molecule has 1 aromatic carbocycles. The van der Waals surface area contributed by atoms with Crippen molar-refractivity contribution >= 4 is 23.4 Å². The SMILES string of the molecule is Cc1cc(C(=O)N2CCS[C@@H](C)[C@@H]2C)ccc1[N+](=O)[O-]. The molecule has 0 N–H and O–H groups in total. The molecule has 1 aliphatic heterocycles. The van der Waals surface area contributed by atoms with Gasteiger partial charge < -0.3 is 4.90 Å². The number of benzene rings is 1. The highest BCUT2D eigenvalue weighted by atomic mass is 32.2. The van der Waals surface area contributed by atoms with Crippen LogP contribution in [0, 0.1) is 17.0 Å². The topological polar surface area (TPSA) is 63.5 Å².